The molecule has 7 heteroatoms. The van der Waals surface area contributed by atoms with Gasteiger partial charge in [0.15, 0.2) is 0 Å². The van der Waals surface area contributed by atoms with Crippen molar-refractivity contribution in [3.8, 4) is 5.88 Å². The summed E-state index contributed by atoms with van der Waals surface area (Å²) in [5.41, 5.74) is 1.71. The van der Waals surface area contributed by atoms with Crippen LogP contribution in [0.4, 0.5) is 10.5 Å². The third-order valence-electron chi connectivity index (χ3n) is 3.95. The number of hydrogen-bond acceptors (Lipinski definition) is 4. The maximum atomic E-state index is 12.6. The van der Waals surface area contributed by atoms with Crippen LogP contribution in [0.3, 0.4) is 0 Å². The van der Waals surface area contributed by atoms with E-state index in [9.17, 15) is 4.79 Å². The lowest BCUT2D eigenvalue weighted by molar-refractivity contribution is 0.163. The highest BCUT2D eigenvalue weighted by Gasteiger charge is 2.28. The number of rotatable bonds is 4. The third kappa shape index (κ3) is 3.61. The van der Waals surface area contributed by atoms with E-state index in [-0.39, 0.29) is 12.1 Å². The summed E-state index contributed by atoms with van der Waals surface area (Å²) in [5, 5.41) is 9.73. The number of nitrogens with one attached hydrogen (secondary N) is 2. The second kappa shape index (κ2) is 7.13. The second-order valence-corrected chi connectivity index (χ2v) is 5.48. The van der Waals surface area contributed by atoms with Gasteiger partial charge in [-0.15, -0.1) is 0 Å². The van der Waals surface area contributed by atoms with Crippen molar-refractivity contribution in [2.75, 3.05) is 18.5 Å². The molecule has 1 saturated heterocycles. The molecule has 1 unspecified atom stereocenters. The Labute approximate surface area is 135 Å². The van der Waals surface area contributed by atoms with Crippen LogP contribution in [0.1, 0.15) is 37.8 Å². The number of nitrogens with zero attached hydrogens (tertiary/aromatic N) is 3. The Bertz CT molecular complexity index is 626. The number of urea groups is 1. The van der Waals surface area contributed by atoms with Crippen LogP contribution in [0.2, 0.25) is 0 Å². The minimum atomic E-state index is -0.109. The Balaban J connectivity index is 1.68. The molecular formula is C16H21N5O2. The number of piperidine rings is 1. The van der Waals surface area contributed by atoms with E-state index in [0.717, 1.165) is 31.4 Å². The number of hydrogen-bond donors (Lipinski definition) is 2. The number of likely N-dealkylation sites (tertiary alicyclic amines) is 1. The molecule has 0 bridgehead atoms. The Morgan fingerprint density at radius 3 is 3.04 bits per heavy atom. The second-order valence-electron chi connectivity index (χ2n) is 5.48. The highest BCUT2D eigenvalue weighted by atomic mass is 16.5. The highest BCUT2D eigenvalue weighted by molar-refractivity contribution is 5.89. The van der Waals surface area contributed by atoms with Gasteiger partial charge in [-0.05, 0) is 32.3 Å². The SMILES string of the molecule is CCOc1ccc(NC(=O)N2CCCCC2c2cn[nH]c2)cn1. The highest BCUT2D eigenvalue weighted by Crippen LogP contribution is 2.30. The molecule has 1 atom stereocenters. The summed E-state index contributed by atoms with van der Waals surface area (Å²) in [6.07, 6.45) is 8.34. The number of H-pyrrole nitrogens is 1. The van der Waals surface area contributed by atoms with Gasteiger partial charge < -0.3 is 15.0 Å². The molecule has 23 heavy (non-hydrogen) atoms. The zero-order valence-corrected chi connectivity index (χ0v) is 13.2. The van der Waals surface area contributed by atoms with E-state index in [4.69, 9.17) is 4.74 Å². The molecule has 2 N–H and O–H groups in total. The van der Waals surface area contributed by atoms with Gasteiger partial charge in [0.25, 0.3) is 0 Å². The van der Waals surface area contributed by atoms with Crippen LogP contribution >= 0.6 is 0 Å². The van der Waals surface area contributed by atoms with Gasteiger partial charge in [0.1, 0.15) is 0 Å². The lowest BCUT2D eigenvalue weighted by Crippen LogP contribution is -2.41. The average molecular weight is 315 g/mol. The van der Waals surface area contributed by atoms with Gasteiger partial charge in [-0.3, -0.25) is 5.10 Å². The molecule has 122 valence electrons. The molecule has 1 aliphatic heterocycles. The summed E-state index contributed by atoms with van der Waals surface area (Å²) in [5.74, 6) is 0.555. The van der Waals surface area contributed by atoms with E-state index >= 15 is 0 Å². The summed E-state index contributed by atoms with van der Waals surface area (Å²) in [4.78, 5) is 18.6. The van der Waals surface area contributed by atoms with Crippen molar-refractivity contribution in [3.63, 3.8) is 0 Å². The van der Waals surface area contributed by atoms with Crippen molar-refractivity contribution in [1.82, 2.24) is 20.1 Å². The molecule has 7 nitrogen and oxygen atoms in total. The van der Waals surface area contributed by atoms with Gasteiger partial charge in [-0.2, -0.15) is 5.10 Å². The molecule has 2 aromatic heterocycles. The van der Waals surface area contributed by atoms with Crippen molar-refractivity contribution >= 4 is 11.7 Å². The maximum absolute atomic E-state index is 12.6. The summed E-state index contributed by atoms with van der Waals surface area (Å²) >= 11 is 0. The number of carbonyl (C=O) groups is 1. The quantitative estimate of drug-likeness (QED) is 0.908. The molecule has 1 aliphatic rings. The van der Waals surface area contributed by atoms with E-state index < -0.39 is 0 Å². The van der Waals surface area contributed by atoms with E-state index in [1.54, 1.807) is 24.5 Å². The first-order chi connectivity index (χ1) is 11.3. The Kier molecular flexibility index (Phi) is 4.75. The van der Waals surface area contributed by atoms with Gasteiger partial charge in [0.2, 0.25) is 5.88 Å². The molecule has 1 fully saturated rings. The van der Waals surface area contributed by atoms with Crippen molar-refractivity contribution in [1.29, 1.82) is 0 Å². The zero-order chi connectivity index (χ0) is 16.1. The van der Waals surface area contributed by atoms with Crippen LogP contribution in [0, 0.1) is 0 Å². The molecule has 0 saturated carbocycles. The van der Waals surface area contributed by atoms with E-state index in [1.807, 2.05) is 18.0 Å². The molecule has 3 heterocycles. The lowest BCUT2D eigenvalue weighted by atomic mass is 9.98. The predicted octanol–water partition coefficient (Wildman–Crippen LogP) is 2.96. The van der Waals surface area contributed by atoms with Crippen LogP contribution < -0.4 is 10.1 Å². The fourth-order valence-electron chi connectivity index (χ4n) is 2.85. The fraction of sp³-hybridized carbons (Fsp3) is 0.438. The fourth-order valence-corrected chi connectivity index (χ4v) is 2.85. The van der Waals surface area contributed by atoms with Crippen LogP contribution in [-0.2, 0) is 0 Å². The molecule has 0 aromatic carbocycles. The minimum absolute atomic E-state index is 0.0677. The molecule has 2 amide bonds. The average Bonchev–Trinajstić information content (AvgIpc) is 3.11. The summed E-state index contributed by atoms with van der Waals surface area (Å²) < 4.78 is 5.30. The van der Waals surface area contributed by atoms with Crippen LogP contribution in [-0.4, -0.2) is 39.3 Å². The van der Waals surface area contributed by atoms with E-state index in [2.05, 4.69) is 20.5 Å². The first kappa shape index (κ1) is 15.3. The molecular weight excluding hydrogens is 294 g/mol. The van der Waals surface area contributed by atoms with Crippen molar-refractivity contribution in [3.05, 3.63) is 36.3 Å². The van der Waals surface area contributed by atoms with Crippen molar-refractivity contribution in [2.45, 2.75) is 32.2 Å². The van der Waals surface area contributed by atoms with Crippen molar-refractivity contribution < 1.29 is 9.53 Å². The van der Waals surface area contributed by atoms with Gasteiger partial charge in [0, 0.05) is 24.4 Å². The molecule has 2 aromatic rings. The normalized spacial score (nSPS) is 17.8. The minimum Gasteiger partial charge on any atom is -0.478 e. The number of carbonyl (C=O) groups excluding carboxylic acids is 1. The maximum Gasteiger partial charge on any atom is 0.322 e. The van der Waals surface area contributed by atoms with E-state index in [1.165, 1.54) is 0 Å². The number of amides is 2. The lowest BCUT2D eigenvalue weighted by Gasteiger charge is -2.35. The Morgan fingerprint density at radius 2 is 2.35 bits per heavy atom. The summed E-state index contributed by atoms with van der Waals surface area (Å²) in [7, 11) is 0. The first-order valence-corrected chi connectivity index (χ1v) is 7.93. The smallest absolute Gasteiger partial charge is 0.322 e. The van der Waals surface area contributed by atoms with Gasteiger partial charge >= 0.3 is 6.03 Å². The summed E-state index contributed by atoms with van der Waals surface area (Å²) in [6, 6.07) is 3.51. The molecule has 0 radical (unpaired) electrons. The van der Waals surface area contributed by atoms with Crippen LogP contribution in [0.15, 0.2) is 30.7 Å². The van der Waals surface area contributed by atoms with E-state index in [0.29, 0.717) is 18.2 Å². The van der Waals surface area contributed by atoms with Crippen LogP contribution in [0.5, 0.6) is 5.88 Å². The monoisotopic (exact) mass is 315 g/mol. The number of pyridine rings is 1. The number of aromatic amines is 1. The van der Waals surface area contributed by atoms with Gasteiger partial charge in [0.05, 0.1) is 30.7 Å². The largest absolute Gasteiger partial charge is 0.478 e. The number of ether oxygens (including phenoxy) is 1. The predicted molar refractivity (Wildman–Crippen MR) is 86.3 cm³/mol. The number of anilines is 1. The van der Waals surface area contributed by atoms with Gasteiger partial charge in [-0.1, -0.05) is 0 Å². The Morgan fingerprint density at radius 1 is 1.43 bits per heavy atom. The first-order valence-electron chi connectivity index (χ1n) is 7.93. The zero-order valence-electron chi connectivity index (χ0n) is 13.2. The number of aromatic nitrogens is 3. The molecule has 0 spiro atoms. The molecule has 3 rings (SSSR count). The van der Waals surface area contributed by atoms with Gasteiger partial charge in [-0.25, -0.2) is 9.78 Å². The van der Waals surface area contributed by atoms with Crippen molar-refractivity contribution in [2.24, 2.45) is 0 Å². The third-order valence-corrected chi connectivity index (χ3v) is 3.95. The Hall–Kier alpha value is -2.57. The standard InChI is InChI=1S/C16H21N5O2/c1-2-23-15-7-6-13(11-17-15)20-16(22)21-8-4-3-5-14(21)12-9-18-19-10-12/h6-7,9-11,14H,2-5,8H2,1H3,(H,18,19)(H,20,22). The molecule has 0 aliphatic carbocycles. The van der Waals surface area contributed by atoms with Crippen LogP contribution in [0.25, 0.3) is 0 Å². The summed E-state index contributed by atoms with van der Waals surface area (Å²) in [6.45, 7) is 3.22. The topological polar surface area (TPSA) is 83.1 Å².